The van der Waals surface area contributed by atoms with Gasteiger partial charge in [-0.2, -0.15) is 0 Å². The summed E-state index contributed by atoms with van der Waals surface area (Å²) in [5, 5.41) is 6.38. The van der Waals surface area contributed by atoms with Gasteiger partial charge in [0.15, 0.2) is 0 Å². The van der Waals surface area contributed by atoms with Crippen LogP contribution >= 0.6 is 46.7 Å². The first-order valence-electron chi connectivity index (χ1n) is 4.64. The van der Waals surface area contributed by atoms with Crippen molar-refractivity contribution < 1.29 is 0 Å². The van der Waals surface area contributed by atoms with E-state index in [-0.39, 0.29) is 12.4 Å². The molecule has 0 aromatic carbocycles. The molecule has 1 N–H and O–H groups in total. The second-order valence-electron chi connectivity index (χ2n) is 3.08. The minimum absolute atomic E-state index is 0. The zero-order chi connectivity index (χ0) is 10.7. The molecule has 0 amide bonds. The summed E-state index contributed by atoms with van der Waals surface area (Å²) in [5.41, 5.74) is 1.04. The fourth-order valence-corrected chi connectivity index (χ4v) is 3.10. The molecule has 0 atom stereocenters. The van der Waals surface area contributed by atoms with E-state index >= 15 is 0 Å². The van der Waals surface area contributed by atoms with Crippen molar-refractivity contribution in [2.75, 3.05) is 13.6 Å². The fourth-order valence-electron chi connectivity index (χ4n) is 1.22. The lowest BCUT2D eigenvalue weighted by Gasteiger charge is -1.93. The predicted octanol–water partition coefficient (Wildman–Crippen LogP) is 3.71. The van der Waals surface area contributed by atoms with Gasteiger partial charge in [0.05, 0.1) is 19.9 Å². The number of hydrogen-bond donors (Lipinski definition) is 1. The van der Waals surface area contributed by atoms with Crippen molar-refractivity contribution in [3.8, 4) is 10.6 Å². The van der Waals surface area contributed by atoms with E-state index in [0.29, 0.717) is 0 Å². The second kappa shape index (κ2) is 6.57. The highest BCUT2D eigenvalue weighted by Gasteiger charge is 2.06. The van der Waals surface area contributed by atoms with Crippen LogP contribution in [0.1, 0.15) is 5.01 Å². The normalized spacial score (nSPS) is 10.1. The average Bonchev–Trinajstić information content (AvgIpc) is 2.83. The van der Waals surface area contributed by atoms with Crippen LogP contribution in [0.5, 0.6) is 0 Å². The largest absolute Gasteiger partial charge is 0.319 e. The first-order chi connectivity index (χ1) is 7.29. The Kier molecular flexibility index (Phi) is 5.72. The lowest BCUT2D eigenvalue weighted by atomic mass is 10.4. The number of likely N-dealkylation sites (N-methyl/N-ethyl adjacent to an activating group) is 1. The number of thiophene rings is 1. The standard InChI is InChI=1S/C10H11ClN2S2.ClH/c1-12-5-4-10-13-7(6-14-10)8-2-3-9(11)15-8;/h2-3,6,12H,4-5H2,1H3;1H. The van der Waals surface area contributed by atoms with E-state index in [9.17, 15) is 0 Å². The lowest BCUT2D eigenvalue weighted by molar-refractivity contribution is 0.788. The minimum Gasteiger partial charge on any atom is -0.319 e. The number of halogens is 2. The summed E-state index contributed by atoms with van der Waals surface area (Å²) in [5.74, 6) is 0. The summed E-state index contributed by atoms with van der Waals surface area (Å²) in [6, 6.07) is 3.93. The molecule has 2 nitrogen and oxygen atoms in total. The molecular weight excluding hydrogens is 283 g/mol. The second-order valence-corrected chi connectivity index (χ2v) is 5.74. The lowest BCUT2D eigenvalue weighted by Crippen LogP contribution is -2.09. The smallest absolute Gasteiger partial charge is 0.0945 e. The SMILES string of the molecule is CNCCc1nc(-c2ccc(Cl)s2)cs1.Cl. The Morgan fingerprint density at radius 2 is 2.25 bits per heavy atom. The van der Waals surface area contributed by atoms with Crippen LogP contribution in [0.15, 0.2) is 17.5 Å². The van der Waals surface area contributed by atoms with E-state index in [2.05, 4.69) is 15.7 Å². The number of rotatable bonds is 4. The number of hydrogen-bond acceptors (Lipinski definition) is 4. The van der Waals surface area contributed by atoms with Crippen molar-refractivity contribution >= 4 is 46.7 Å². The van der Waals surface area contributed by atoms with Crippen molar-refractivity contribution in [3.05, 3.63) is 26.9 Å². The molecule has 2 aromatic heterocycles. The van der Waals surface area contributed by atoms with Crippen LogP contribution < -0.4 is 5.32 Å². The summed E-state index contributed by atoms with van der Waals surface area (Å²) >= 11 is 9.16. The molecule has 0 saturated carbocycles. The van der Waals surface area contributed by atoms with Gasteiger partial charge in [-0.25, -0.2) is 4.98 Å². The quantitative estimate of drug-likeness (QED) is 0.930. The number of nitrogens with zero attached hydrogens (tertiary/aromatic N) is 1. The highest BCUT2D eigenvalue weighted by Crippen LogP contribution is 2.31. The molecular formula is C10H12Cl2N2S2. The summed E-state index contributed by atoms with van der Waals surface area (Å²) in [7, 11) is 1.95. The first kappa shape index (κ1) is 13.9. The van der Waals surface area contributed by atoms with Gasteiger partial charge < -0.3 is 5.32 Å². The zero-order valence-electron chi connectivity index (χ0n) is 8.70. The van der Waals surface area contributed by atoms with Crippen LogP contribution in [0.25, 0.3) is 10.6 Å². The topological polar surface area (TPSA) is 24.9 Å². The number of thiazole rings is 1. The molecule has 0 saturated heterocycles. The van der Waals surface area contributed by atoms with E-state index < -0.39 is 0 Å². The van der Waals surface area contributed by atoms with Gasteiger partial charge in [0.1, 0.15) is 0 Å². The fraction of sp³-hybridized carbons (Fsp3) is 0.300. The molecule has 88 valence electrons. The number of nitrogens with one attached hydrogen (secondary N) is 1. The van der Waals surface area contributed by atoms with Crippen LogP contribution in [-0.2, 0) is 6.42 Å². The monoisotopic (exact) mass is 294 g/mol. The van der Waals surface area contributed by atoms with E-state index in [0.717, 1.165) is 27.9 Å². The molecule has 0 aliphatic rings. The van der Waals surface area contributed by atoms with E-state index in [4.69, 9.17) is 11.6 Å². The summed E-state index contributed by atoms with van der Waals surface area (Å²) in [6.45, 7) is 0.970. The third-order valence-electron chi connectivity index (χ3n) is 1.97. The first-order valence-corrected chi connectivity index (χ1v) is 6.71. The highest BCUT2D eigenvalue weighted by atomic mass is 35.5. The summed E-state index contributed by atoms with van der Waals surface area (Å²) in [6.07, 6.45) is 0.986. The van der Waals surface area contributed by atoms with E-state index in [1.54, 1.807) is 22.7 Å². The van der Waals surface area contributed by atoms with Crippen molar-refractivity contribution in [1.82, 2.24) is 10.3 Å². The number of aromatic nitrogens is 1. The Morgan fingerprint density at radius 3 is 2.88 bits per heavy atom. The molecule has 2 rings (SSSR count). The zero-order valence-corrected chi connectivity index (χ0v) is 11.9. The van der Waals surface area contributed by atoms with E-state index in [1.165, 1.54) is 5.01 Å². The molecule has 2 aromatic rings. The molecule has 0 spiro atoms. The molecule has 0 unspecified atom stereocenters. The van der Waals surface area contributed by atoms with Gasteiger partial charge in [0.25, 0.3) is 0 Å². The molecule has 0 aliphatic carbocycles. The molecule has 6 heteroatoms. The van der Waals surface area contributed by atoms with Crippen LogP contribution in [0.3, 0.4) is 0 Å². The van der Waals surface area contributed by atoms with Crippen LogP contribution in [0, 0.1) is 0 Å². The van der Waals surface area contributed by atoms with Gasteiger partial charge in [-0.05, 0) is 19.2 Å². The molecule has 0 aliphatic heterocycles. The Labute approximate surface area is 114 Å². The highest BCUT2D eigenvalue weighted by molar-refractivity contribution is 7.19. The minimum atomic E-state index is 0. The predicted molar refractivity (Wildman–Crippen MR) is 75.3 cm³/mol. The maximum atomic E-state index is 5.88. The van der Waals surface area contributed by atoms with Gasteiger partial charge in [-0.3, -0.25) is 0 Å². The van der Waals surface area contributed by atoms with Gasteiger partial charge in [0.2, 0.25) is 0 Å². The Morgan fingerprint density at radius 1 is 1.44 bits per heavy atom. The van der Waals surface area contributed by atoms with Gasteiger partial charge in [0, 0.05) is 18.3 Å². The van der Waals surface area contributed by atoms with Crippen molar-refractivity contribution in [1.29, 1.82) is 0 Å². The molecule has 0 radical (unpaired) electrons. The third kappa shape index (κ3) is 3.43. The van der Waals surface area contributed by atoms with Crippen LogP contribution in [0.2, 0.25) is 4.34 Å². The third-order valence-corrected chi connectivity index (χ3v) is 4.13. The molecule has 2 heterocycles. The maximum Gasteiger partial charge on any atom is 0.0945 e. The van der Waals surface area contributed by atoms with Gasteiger partial charge in [-0.1, -0.05) is 11.6 Å². The summed E-state index contributed by atoms with van der Waals surface area (Å²) in [4.78, 5) is 5.71. The summed E-state index contributed by atoms with van der Waals surface area (Å²) < 4.78 is 0.815. The van der Waals surface area contributed by atoms with Crippen molar-refractivity contribution in [3.63, 3.8) is 0 Å². The van der Waals surface area contributed by atoms with Crippen molar-refractivity contribution in [2.45, 2.75) is 6.42 Å². The van der Waals surface area contributed by atoms with E-state index in [1.807, 2.05) is 19.2 Å². The maximum absolute atomic E-state index is 5.88. The van der Waals surface area contributed by atoms with Crippen LogP contribution in [0.4, 0.5) is 0 Å². The molecule has 16 heavy (non-hydrogen) atoms. The van der Waals surface area contributed by atoms with Gasteiger partial charge >= 0.3 is 0 Å². The average molecular weight is 295 g/mol. The molecule has 0 bridgehead atoms. The molecule has 0 fully saturated rings. The Hall–Kier alpha value is -0.130. The van der Waals surface area contributed by atoms with Crippen LogP contribution in [-0.4, -0.2) is 18.6 Å². The van der Waals surface area contributed by atoms with Gasteiger partial charge in [-0.15, -0.1) is 35.1 Å². The Bertz CT molecular complexity index is 439. The van der Waals surface area contributed by atoms with Crippen molar-refractivity contribution in [2.24, 2.45) is 0 Å². The Balaban J connectivity index is 0.00000128.